The number of hydrogen-bond acceptors (Lipinski definition) is 2. The van der Waals surface area contributed by atoms with Gasteiger partial charge in [0.05, 0.1) is 15.6 Å². The third kappa shape index (κ3) is 3.81. The summed E-state index contributed by atoms with van der Waals surface area (Å²) in [7, 11) is 0. The summed E-state index contributed by atoms with van der Waals surface area (Å²) in [6, 6.07) is 7.66. The van der Waals surface area contributed by atoms with Crippen molar-refractivity contribution in [3.05, 3.63) is 69.2 Å². The predicted octanol–water partition coefficient (Wildman–Crippen LogP) is 3.87. The van der Waals surface area contributed by atoms with E-state index in [1.165, 1.54) is 29.2 Å². The van der Waals surface area contributed by atoms with E-state index in [1.54, 1.807) is 11.0 Å². The van der Waals surface area contributed by atoms with E-state index in [-0.39, 0.29) is 53.3 Å². The second kappa shape index (κ2) is 7.60. The molecular formula is C18H14Cl2F2N2O2. The average Bonchev–Trinajstić information content (AvgIpc) is 2.63. The Bertz CT molecular complexity index is 868. The minimum atomic E-state index is -0.723. The van der Waals surface area contributed by atoms with Crippen LogP contribution in [0.3, 0.4) is 0 Å². The maximum atomic E-state index is 13.6. The maximum absolute atomic E-state index is 13.6. The highest BCUT2D eigenvalue weighted by Crippen LogP contribution is 2.26. The Labute approximate surface area is 158 Å². The molecule has 1 saturated heterocycles. The number of nitrogens with zero attached hydrogens (tertiary/aromatic N) is 2. The number of rotatable bonds is 2. The summed E-state index contributed by atoms with van der Waals surface area (Å²) in [4.78, 5) is 28.0. The number of hydrogen-bond donors (Lipinski definition) is 0. The van der Waals surface area contributed by atoms with Crippen LogP contribution in [-0.4, -0.2) is 47.8 Å². The summed E-state index contributed by atoms with van der Waals surface area (Å²) < 4.78 is 26.9. The Balaban J connectivity index is 1.68. The smallest absolute Gasteiger partial charge is 0.255 e. The van der Waals surface area contributed by atoms with Crippen molar-refractivity contribution in [3.63, 3.8) is 0 Å². The van der Waals surface area contributed by atoms with Gasteiger partial charge in [-0.15, -0.1) is 0 Å². The summed E-state index contributed by atoms with van der Waals surface area (Å²) in [5, 5.41) is -0.0864. The molecule has 136 valence electrons. The molecule has 1 aliphatic rings. The van der Waals surface area contributed by atoms with Gasteiger partial charge in [0.25, 0.3) is 11.8 Å². The molecule has 3 rings (SSSR count). The molecule has 0 saturated carbocycles. The zero-order chi connectivity index (χ0) is 18.8. The van der Waals surface area contributed by atoms with Crippen molar-refractivity contribution in [2.45, 2.75) is 0 Å². The quantitative estimate of drug-likeness (QED) is 0.720. The molecule has 1 aliphatic heterocycles. The minimum absolute atomic E-state index is 0.0264. The number of carbonyl (C=O) groups is 2. The number of piperazine rings is 1. The van der Waals surface area contributed by atoms with Crippen LogP contribution in [0.4, 0.5) is 8.78 Å². The minimum Gasteiger partial charge on any atom is -0.335 e. The molecule has 4 nitrogen and oxygen atoms in total. The van der Waals surface area contributed by atoms with E-state index in [4.69, 9.17) is 23.2 Å². The second-order valence-electron chi connectivity index (χ2n) is 5.84. The van der Waals surface area contributed by atoms with E-state index >= 15 is 0 Å². The van der Waals surface area contributed by atoms with E-state index in [0.29, 0.717) is 0 Å². The molecule has 0 aromatic heterocycles. The number of benzene rings is 2. The summed E-state index contributed by atoms with van der Waals surface area (Å²) in [5.41, 5.74) is 0.283. The lowest BCUT2D eigenvalue weighted by Gasteiger charge is -2.35. The van der Waals surface area contributed by atoms with Gasteiger partial charge in [-0.05, 0) is 30.3 Å². The fraction of sp³-hybridized carbons (Fsp3) is 0.222. The third-order valence-electron chi connectivity index (χ3n) is 4.17. The summed E-state index contributed by atoms with van der Waals surface area (Å²) in [6.07, 6.45) is 0. The molecule has 0 atom stereocenters. The van der Waals surface area contributed by atoms with Crippen molar-refractivity contribution in [2.24, 2.45) is 0 Å². The lowest BCUT2D eigenvalue weighted by atomic mass is 10.1. The van der Waals surface area contributed by atoms with Crippen molar-refractivity contribution in [3.8, 4) is 0 Å². The first-order valence-electron chi connectivity index (χ1n) is 7.85. The summed E-state index contributed by atoms with van der Waals surface area (Å²) in [6.45, 7) is 1.10. The number of halogens is 4. The molecule has 2 aromatic rings. The van der Waals surface area contributed by atoms with E-state index in [2.05, 4.69) is 0 Å². The molecule has 0 spiro atoms. The summed E-state index contributed by atoms with van der Waals surface area (Å²) >= 11 is 11.6. The average molecular weight is 399 g/mol. The number of carbonyl (C=O) groups excluding carboxylic acids is 2. The van der Waals surface area contributed by atoms with E-state index in [0.717, 1.165) is 6.07 Å². The van der Waals surface area contributed by atoms with Crippen LogP contribution < -0.4 is 0 Å². The van der Waals surface area contributed by atoms with Gasteiger partial charge in [-0.1, -0.05) is 29.3 Å². The topological polar surface area (TPSA) is 40.6 Å². The van der Waals surface area contributed by atoms with Gasteiger partial charge in [-0.3, -0.25) is 9.59 Å². The van der Waals surface area contributed by atoms with Crippen molar-refractivity contribution in [2.75, 3.05) is 26.2 Å². The molecule has 0 unspecified atom stereocenters. The van der Waals surface area contributed by atoms with Gasteiger partial charge in [0.15, 0.2) is 0 Å². The molecule has 0 aliphatic carbocycles. The molecule has 0 radical (unpaired) electrons. The van der Waals surface area contributed by atoms with Crippen LogP contribution in [0.5, 0.6) is 0 Å². The van der Waals surface area contributed by atoms with Crippen molar-refractivity contribution in [1.82, 2.24) is 9.80 Å². The van der Waals surface area contributed by atoms with Crippen molar-refractivity contribution in [1.29, 1.82) is 0 Å². The molecule has 2 aromatic carbocycles. The van der Waals surface area contributed by atoms with Crippen LogP contribution in [-0.2, 0) is 0 Å². The molecule has 0 N–H and O–H groups in total. The fourth-order valence-electron chi connectivity index (χ4n) is 2.77. The van der Waals surface area contributed by atoms with Crippen LogP contribution in [0.25, 0.3) is 0 Å². The van der Waals surface area contributed by atoms with Gasteiger partial charge in [0.1, 0.15) is 11.6 Å². The normalized spacial score (nSPS) is 14.5. The lowest BCUT2D eigenvalue weighted by molar-refractivity contribution is 0.0535. The largest absolute Gasteiger partial charge is 0.335 e. The molecule has 26 heavy (non-hydrogen) atoms. The van der Waals surface area contributed by atoms with Crippen molar-refractivity contribution < 1.29 is 18.4 Å². The first-order chi connectivity index (χ1) is 12.4. The first-order valence-corrected chi connectivity index (χ1v) is 8.61. The Morgan fingerprint density at radius 3 is 2.08 bits per heavy atom. The standard InChI is InChI=1S/C18H14Cl2F2N2O2/c19-14-10-15(20)16(22)9-13(14)18(26)24-6-4-23(5-7-24)17(25)11-2-1-3-12(21)8-11/h1-3,8-10H,4-7H2. The fourth-order valence-corrected chi connectivity index (χ4v) is 3.24. The predicted molar refractivity (Wildman–Crippen MR) is 94.6 cm³/mol. The monoisotopic (exact) mass is 398 g/mol. The van der Waals surface area contributed by atoms with Gasteiger partial charge in [0, 0.05) is 31.7 Å². The molecule has 1 fully saturated rings. The van der Waals surface area contributed by atoms with Crippen LogP contribution in [0.2, 0.25) is 10.0 Å². The van der Waals surface area contributed by atoms with Gasteiger partial charge >= 0.3 is 0 Å². The maximum Gasteiger partial charge on any atom is 0.255 e. The van der Waals surface area contributed by atoms with E-state index in [9.17, 15) is 18.4 Å². The van der Waals surface area contributed by atoms with Gasteiger partial charge in [-0.2, -0.15) is 0 Å². The van der Waals surface area contributed by atoms with Gasteiger partial charge in [-0.25, -0.2) is 8.78 Å². The first kappa shape index (κ1) is 18.6. The van der Waals surface area contributed by atoms with Crippen molar-refractivity contribution >= 4 is 35.0 Å². The third-order valence-corrected chi connectivity index (χ3v) is 4.77. The zero-order valence-corrected chi connectivity index (χ0v) is 15.0. The Morgan fingerprint density at radius 2 is 1.46 bits per heavy atom. The lowest BCUT2D eigenvalue weighted by Crippen LogP contribution is -2.50. The highest BCUT2D eigenvalue weighted by atomic mass is 35.5. The van der Waals surface area contributed by atoms with Gasteiger partial charge < -0.3 is 9.80 Å². The molecule has 1 heterocycles. The number of amides is 2. The Hall–Kier alpha value is -2.18. The van der Waals surface area contributed by atoms with E-state index in [1.807, 2.05) is 0 Å². The highest BCUT2D eigenvalue weighted by molar-refractivity contribution is 6.36. The highest BCUT2D eigenvalue weighted by Gasteiger charge is 2.27. The molecule has 0 bridgehead atoms. The Kier molecular flexibility index (Phi) is 5.44. The van der Waals surface area contributed by atoms with Crippen LogP contribution in [0.1, 0.15) is 20.7 Å². The zero-order valence-electron chi connectivity index (χ0n) is 13.5. The van der Waals surface area contributed by atoms with E-state index < -0.39 is 17.5 Å². The molecular weight excluding hydrogens is 385 g/mol. The SMILES string of the molecule is O=C(c1cccc(F)c1)N1CCN(C(=O)c2cc(F)c(Cl)cc2Cl)CC1. The van der Waals surface area contributed by atoms with Crippen LogP contribution in [0.15, 0.2) is 36.4 Å². The summed E-state index contributed by atoms with van der Waals surface area (Å²) in [5.74, 6) is -1.93. The van der Waals surface area contributed by atoms with Gasteiger partial charge in [0.2, 0.25) is 0 Å². The Morgan fingerprint density at radius 1 is 0.846 bits per heavy atom. The second-order valence-corrected chi connectivity index (χ2v) is 6.66. The molecule has 2 amide bonds. The van der Waals surface area contributed by atoms with Crippen LogP contribution in [0, 0.1) is 11.6 Å². The van der Waals surface area contributed by atoms with Crippen LogP contribution >= 0.6 is 23.2 Å². The molecule has 8 heteroatoms.